The summed E-state index contributed by atoms with van der Waals surface area (Å²) in [6.45, 7) is 1.17. The van der Waals surface area contributed by atoms with Gasteiger partial charge in [-0.1, -0.05) is 68.4 Å². The fourth-order valence-corrected chi connectivity index (χ4v) is 2.78. The van der Waals surface area contributed by atoms with E-state index in [1.807, 2.05) is 12.2 Å². The number of aliphatic hydroxyl groups excluding tert-OH is 1. The maximum atomic E-state index is 11.5. The van der Waals surface area contributed by atoms with Crippen molar-refractivity contribution >= 4 is 13.8 Å². The second kappa shape index (κ2) is 22.6. The summed E-state index contributed by atoms with van der Waals surface area (Å²) in [6.07, 6.45) is 25.1. The Morgan fingerprint density at radius 1 is 0.906 bits per heavy atom. The van der Waals surface area contributed by atoms with E-state index in [2.05, 4.69) is 47.9 Å². The molecule has 0 heterocycles. The number of carbonyl (C=O) groups is 1. The number of hydrogen-bond acceptors (Lipinski definition) is 6. The van der Waals surface area contributed by atoms with Gasteiger partial charge in [-0.05, 0) is 44.9 Å². The molecule has 8 nitrogen and oxygen atoms in total. The van der Waals surface area contributed by atoms with E-state index in [0.29, 0.717) is 6.42 Å². The first kappa shape index (κ1) is 32.6. The topological polar surface area (TPSA) is 153 Å². The van der Waals surface area contributed by atoms with Crippen LogP contribution in [0.3, 0.4) is 0 Å². The quantitative estimate of drug-likeness (QED) is 0.104. The first-order valence-corrected chi connectivity index (χ1v) is 12.5. The zero-order valence-electron chi connectivity index (χ0n) is 19.6. The molecule has 0 aliphatic carbocycles. The van der Waals surface area contributed by atoms with E-state index in [0.717, 1.165) is 25.7 Å². The van der Waals surface area contributed by atoms with Crippen LogP contribution in [-0.2, 0) is 18.6 Å². The Kier molecular flexibility index (Phi) is 23.1. The largest absolute Gasteiger partial charge is 0.756 e. The van der Waals surface area contributed by atoms with Crippen LogP contribution in [0.15, 0.2) is 48.6 Å². The number of hydrogen-bond donors (Lipinski definition) is 3. The molecular weight excluding hydrogens is 433 g/mol. The van der Waals surface area contributed by atoms with Crippen LogP contribution in [0.25, 0.3) is 0 Å². The number of phosphoric acid groups is 1. The molecule has 0 radical (unpaired) electrons. The highest BCUT2D eigenvalue weighted by atomic mass is 31.2. The molecule has 0 saturated carbocycles. The molecule has 0 aliphatic heterocycles. The highest BCUT2D eigenvalue weighted by Gasteiger charge is 2.11. The fraction of sp³-hybridized carbons (Fsp3) is 0.609. The average molecular weight is 476 g/mol. The molecule has 0 aromatic carbocycles. The minimum Gasteiger partial charge on any atom is -0.756 e. The van der Waals surface area contributed by atoms with Crippen LogP contribution >= 0.6 is 7.82 Å². The second-order valence-corrected chi connectivity index (χ2v) is 8.28. The Morgan fingerprint density at radius 2 is 1.41 bits per heavy atom. The molecule has 6 N–H and O–H groups in total. The summed E-state index contributed by atoms with van der Waals surface area (Å²) in [5, 5.41) is 9.38. The molecule has 0 aromatic heterocycles. The van der Waals surface area contributed by atoms with Crippen LogP contribution in [0.1, 0.15) is 71.1 Å². The van der Waals surface area contributed by atoms with Crippen LogP contribution in [0.4, 0.5) is 0 Å². The first-order valence-electron chi connectivity index (χ1n) is 11.0. The SMILES string of the molecule is CCCCCC=CCC=CCC=CCC=CCCCC(=O)OC[C@@H](O)COP(=O)([O-])O.[NH4+]. The van der Waals surface area contributed by atoms with E-state index in [1.165, 1.54) is 25.7 Å². The zero-order valence-corrected chi connectivity index (χ0v) is 20.5. The lowest BCUT2D eigenvalue weighted by Gasteiger charge is -2.18. The zero-order chi connectivity index (χ0) is 23.2. The Labute approximate surface area is 192 Å². The van der Waals surface area contributed by atoms with Crippen molar-refractivity contribution in [3.8, 4) is 0 Å². The number of esters is 1. The van der Waals surface area contributed by atoms with Gasteiger partial charge in [-0.15, -0.1) is 0 Å². The number of unbranched alkanes of at least 4 members (excludes halogenated alkanes) is 4. The van der Waals surface area contributed by atoms with Gasteiger partial charge in [0, 0.05) is 6.42 Å². The van der Waals surface area contributed by atoms with Crippen molar-refractivity contribution in [3.63, 3.8) is 0 Å². The highest BCUT2D eigenvalue weighted by Crippen LogP contribution is 2.30. The minimum atomic E-state index is -4.88. The normalized spacial score (nSPS) is 14.9. The molecule has 0 aromatic rings. The third-order valence-corrected chi connectivity index (χ3v) is 4.55. The Hall–Kier alpha value is -1.54. The lowest BCUT2D eigenvalue weighted by Crippen LogP contribution is -2.24. The van der Waals surface area contributed by atoms with Gasteiger partial charge in [0.1, 0.15) is 12.7 Å². The van der Waals surface area contributed by atoms with Crippen LogP contribution in [0, 0.1) is 0 Å². The van der Waals surface area contributed by atoms with E-state index in [-0.39, 0.29) is 19.2 Å². The van der Waals surface area contributed by atoms with Crippen LogP contribution < -0.4 is 11.0 Å². The summed E-state index contributed by atoms with van der Waals surface area (Å²) in [5.74, 6) is -0.482. The number of ether oxygens (including phenoxy) is 1. The summed E-state index contributed by atoms with van der Waals surface area (Å²) in [7, 11) is -4.88. The van der Waals surface area contributed by atoms with Crippen molar-refractivity contribution in [1.29, 1.82) is 0 Å². The van der Waals surface area contributed by atoms with Gasteiger partial charge in [-0.25, -0.2) is 0 Å². The molecule has 0 rings (SSSR count). The number of allylic oxidation sites excluding steroid dienone is 8. The first-order chi connectivity index (χ1) is 14.8. The molecule has 186 valence electrons. The van der Waals surface area contributed by atoms with Crippen molar-refractivity contribution < 1.29 is 33.5 Å². The van der Waals surface area contributed by atoms with Gasteiger partial charge in [0.25, 0.3) is 7.82 Å². The van der Waals surface area contributed by atoms with Gasteiger partial charge < -0.3 is 30.3 Å². The molecule has 0 amide bonds. The maximum absolute atomic E-state index is 11.5. The van der Waals surface area contributed by atoms with Gasteiger partial charge in [-0.2, -0.15) is 0 Å². The lowest BCUT2D eigenvalue weighted by atomic mass is 10.2. The molecule has 0 fully saturated rings. The van der Waals surface area contributed by atoms with Crippen molar-refractivity contribution in [2.75, 3.05) is 13.2 Å². The molecule has 9 heteroatoms. The molecule has 0 bridgehead atoms. The van der Waals surface area contributed by atoms with E-state index < -0.39 is 26.5 Å². The molecular formula is C23H42NO7P. The van der Waals surface area contributed by atoms with E-state index >= 15 is 0 Å². The average Bonchev–Trinajstić information content (AvgIpc) is 2.72. The summed E-state index contributed by atoms with van der Waals surface area (Å²) in [5.41, 5.74) is 0. The molecule has 0 spiro atoms. The number of aliphatic hydroxyl groups is 1. The van der Waals surface area contributed by atoms with Crippen LogP contribution in [0.2, 0.25) is 0 Å². The third-order valence-electron chi connectivity index (χ3n) is 4.08. The second-order valence-electron chi connectivity index (χ2n) is 7.08. The number of carbonyl (C=O) groups excluding carboxylic acids is 1. The maximum Gasteiger partial charge on any atom is 0.305 e. The molecule has 0 aliphatic rings. The molecule has 32 heavy (non-hydrogen) atoms. The predicted octanol–water partition coefficient (Wildman–Crippen LogP) is 4.89. The number of rotatable bonds is 19. The van der Waals surface area contributed by atoms with Gasteiger partial charge >= 0.3 is 5.97 Å². The number of quaternary nitrogens is 1. The Bertz CT molecular complexity index is 611. The smallest absolute Gasteiger partial charge is 0.305 e. The monoisotopic (exact) mass is 475 g/mol. The van der Waals surface area contributed by atoms with Gasteiger partial charge in [0.05, 0.1) is 6.61 Å². The third kappa shape index (κ3) is 26.5. The summed E-state index contributed by atoms with van der Waals surface area (Å²) >= 11 is 0. The molecule has 0 saturated heterocycles. The van der Waals surface area contributed by atoms with Gasteiger partial charge in [0.15, 0.2) is 0 Å². The van der Waals surface area contributed by atoms with Crippen molar-refractivity contribution in [1.82, 2.24) is 6.15 Å². The summed E-state index contributed by atoms with van der Waals surface area (Å²) in [4.78, 5) is 30.3. The van der Waals surface area contributed by atoms with Gasteiger partial charge in [-0.3, -0.25) is 9.36 Å². The Balaban J connectivity index is 0. The highest BCUT2D eigenvalue weighted by molar-refractivity contribution is 7.44. The summed E-state index contributed by atoms with van der Waals surface area (Å²) in [6, 6.07) is 0. The van der Waals surface area contributed by atoms with Crippen molar-refractivity contribution in [2.45, 2.75) is 77.2 Å². The molecule has 1 unspecified atom stereocenters. The van der Waals surface area contributed by atoms with Crippen LogP contribution in [0.5, 0.6) is 0 Å². The van der Waals surface area contributed by atoms with Gasteiger partial charge in [0.2, 0.25) is 0 Å². The fourth-order valence-electron chi connectivity index (χ4n) is 2.41. The van der Waals surface area contributed by atoms with Crippen molar-refractivity contribution in [3.05, 3.63) is 48.6 Å². The lowest BCUT2D eigenvalue weighted by molar-refractivity contribution is -0.222. The molecule has 2 atom stereocenters. The van der Waals surface area contributed by atoms with Crippen molar-refractivity contribution in [2.24, 2.45) is 0 Å². The van der Waals surface area contributed by atoms with E-state index in [9.17, 15) is 19.4 Å². The van der Waals surface area contributed by atoms with E-state index in [1.54, 1.807) is 0 Å². The Morgan fingerprint density at radius 3 is 1.91 bits per heavy atom. The minimum absolute atomic E-state index is 0. The standard InChI is InChI=1S/C23H39O7P.H3N/c1-2-3-4-5-6-7-8-9-10-11-12-13-14-15-16-17-18-19-23(25)29-20-22(24)21-30-31(26,27)28;/h6-7,9-10,12-13,15-16,22,24H,2-5,8,11,14,17-21H2,1H3,(H2,26,27,28);1H3/t22-;/m1./s1. The summed E-state index contributed by atoms with van der Waals surface area (Å²) < 4.78 is 19.2. The predicted molar refractivity (Wildman–Crippen MR) is 127 cm³/mol. The van der Waals surface area contributed by atoms with Crippen LogP contribution in [-0.4, -0.2) is 35.3 Å². The van der Waals surface area contributed by atoms with E-state index in [4.69, 9.17) is 9.63 Å². The number of phosphoric ester groups is 1.